The Kier molecular flexibility index (Phi) is 5.60. The number of urea groups is 1. The summed E-state index contributed by atoms with van der Waals surface area (Å²) in [5.41, 5.74) is 0.238. The maximum absolute atomic E-state index is 13.5. The first-order valence-electron chi connectivity index (χ1n) is 8.32. The number of rotatable bonds is 5. The summed E-state index contributed by atoms with van der Waals surface area (Å²) in [6.07, 6.45) is 2.25. The van der Waals surface area contributed by atoms with Crippen LogP contribution in [0.4, 0.5) is 19.3 Å². The Morgan fingerprint density at radius 2 is 2.19 bits per heavy atom. The van der Waals surface area contributed by atoms with Gasteiger partial charge in [0.25, 0.3) is 0 Å². The largest absolute Gasteiger partial charge is 0.358 e. The van der Waals surface area contributed by atoms with Crippen LogP contribution in [-0.2, 0) is 11.3 Å². The van der Waals surface area contributed by atoms with Crippen molar-refractivity contribution in [1.82, 2.24) is 30.9 Å². The van der Waals surface area contributed by atoms with Gasteiger partial charge in [-0.2, -0.15) is 0 Å². The van der Waals surface area contributed by atoms with Crippen molar-refractivity contribution >= 4 is 17.6 Å². The first-order valence-corrected chi connectivity index (χ1v) is 8.32. The van der Waals surface area contributed by atoms with Crippen molar-refractivity contribution in [2.75, 3.05) is 18.9 Å². The van der Waals surface area contributed by atoms with Gasteiger partial charge in [0.2, 0.25) is 5.91 Å². The highest BCUT2D eigenvalue weighted by molar-refractivity contribution is 5.89. The number of benzene rings is 1. The van der Waals surface area contributed by atoms with Gasteiger partial charge >= 0.3 is 6.03 Å². The van der Waals surface area contributed by atoms with Crippen LogP contribution in [0.5, 0.6) is 0 Å². The fraction of sp³-hybridized carbons (Fsp3) is 0.375. The van der Waals surface area contributed by atoms with E-state index in [9.17, 15) is 18.4 Å². The topological polar surface area (TPSA) is 113 Å². The molecule has 1 aromatic carbocycles. The SMILES string of the molecule is CNC(=O)[C@@H]1C[C@H](n2cc(CNC(=O)Nc3cc(F)ccc3F)nn2)CN1. The molecule has 11 heteroatoms. The van der Waals surface area contributed by atoms with Gasteiger partial charge < -0.3 is 21.3 Å². The van der Waals surface area contributed by atoms with Crippen molar-refractivity contribution in [1.29, 1.82) is 0 Å². The average molecular weight is 379 g/mol. The summed E-state index contributed by atoms with van der Waals surface area (Å²) < 4.78 is 28.3. The molecule has 1 aliphatic rings. The number of nitrogens with one attached hydrogen (secondary N) is 4. The molecule has 0 unspecified atom stereocenters. The van der Waals surface area contributed by atoms with Crippen LogP contribution in [0, 0.1) is 11.6 Å². The molecule has 0 spiro atoms. The second kappa shape index (κ2) is 8.08. The molecule has 0 bridgehead atoms. The summed E-state index contributed by atoms with van der Waals surface area (Å²) >= 11 is 0. The predicted molar refractivity (Wildman–Crippen MR) is 91.7 cm³/mol. The van der Waals surface area contributed by atoms with Crippen molar-refractivity contribution in [2.24, 2.45) is 0 Å². The average Bonchev–Trinajstić information content (AvgIpc) is 3.31. The molecule has 3 rings (SSSR count). The van der Waals surface area contributed by atoms with Crippen LogP contribution in [0.3, 0.4) is 0 Å². The van der Waals surface area contributed by atoms with E-state index in [1.807, 2.05) is 0 Å². The molecule has 4 N–H and O–H groups in total. The van der Waals surface area contributed by atoms with Gasteiger partial charge in [0, 0.05) is 19.7 Å². The predicted octanol–water partition coefficient (Wildman–Crippen LogP) is 0.527. The standard InChI is InChI=1S/C16H19F2N7O2/c1-19-15(26)14-5-11(7-20-14)25-8-10(23-24-25)6-21-16(27)22-13-4-9(17)2-3-12(13)18/h2-4,8,11,14,20H,5-7H2,1H3,(H,19,26)(H2,21,22,27)/t11-,14-/m0/s1. The molecule has 1 saturated heterocycles. The number of nitrogens with zero attached hydrogens (tertiary/aromatic N) is 3. The van der Waals surface area contributed by atoms with Crippen molar-refractivity contribution in [3.8, 4) is 0 Å². The van der Waals surface area contributed by atoms with Gasteiger partial charge in [0.15, 0.2) is 0 Å². The summed E-state index contributed by atoms with van der Waals surface area (Å²) in [5.74, 6) is -1.48. The van der Waals surface area contributed by atoms with Gasteiger partial charge in [0.1, 0.15) is 17.3 Å². The highest BCUT2D eigenvalue weighted by Gasteiger charge is 2.30. The first-order chi connectivity index (χ1) is 13.0. The minimum absolute atomic E-state index is 0.0243. The third-order valence-corrected chi connectivity index (χ3v) is 4.21. The van der Waals surface area contributed by atoms with Crippen molar-refractivity contribution in [3.05, 3.63) is 41.7 Å². The molecule has 3 amide bonds. The summed E-state index contributed by atoms with van der Waals surface area (Å²) in [7, 11) is 1.58. The molecule has 1 fully saturated rings. The molecule has 0 radical (unpaired) electrons. The molecular weight excluding hydrogens is 360 g/mol. The van der Waals surface area contributed by atoms with Crippen LogP contribution in [0.2, 0.25) is 0 Å². The minimum Gasteiger partial charge on any atom is -0.358 e. The highest BCUT2D eigenvalue weighted by Crippen LogP contribution is 2.19. The molecule has 1 aliphatic heterocycles. The molecule has 144 valence electrons. The van der Waals surface area contributed by atoms with Crippen LogP contribution < -0.4 is 21.3 Å². The van der Waals surface area contributed by atoms with Gasteiger partial charge in [-0.1, -0.05) is 5.21 Å². The molecule has 9 nitrogen and oxygen atoms in total. The first kappa shape index (κ1) is 18.7. The molecule has 27 heavy (non-hydrogen) atoms. The fourth-order valence-corrected chi connectivity index (χ4v) is 2.80. The zero-order valence-electron chi connectivity index (χ0n) is 14.5. The van der Waals surface area contributed by atoms with Crippen LogP contribution >= 0.6 is 0 Å². The Labute approximate surface area is 153 Å². The monoisotopic (exact) mass is 379 g/mol. The fourth-order valence-electron chi connectivity index (χ4n) is 2.80. The summed E-state index contributed by atoms with van der Waals surface area (Å²) in [5, 5.41) is 18.4. The van der Waals surface area contributed by atoms with Crippen LogP contribution in [-0.4, -0.2) is 46.6 Å². The van der Waals surface area contributed by atoms with Crippen molar-refractivity contribution in [2.45, 2.75) is 25.0 Å². The maximum Gasteiger partial charge on any atom is 0.319 e. The van der Waals surface area contributed by atoms with Crippen LogP contribution in [0.25, 0.3) is 0 Å². The number of carbonyl (C=O) groups is 2. The van der Waals surface area contributed by atoms with E-state index in [0.29, 0.717) is 18.7 Å². The van der Waals surface area contributed by atoms with E-state index in [4.69, 9.17) is 0 Å². The second-order valence-corrected chi connectivity index (χ2v) is 6.09. The van der Waals surface area contributed by atoms with E-state index >= 15 is 0 Å². The third kappa shape index (κ3) is 4.56. The van der Waals surface area contributed by atoms with E-state index in [-0.39, 0.29) is 30.2 Å². The lowest BCUT2D eigenvalue weighted by Gasteiger charge is -2.09. The molecule has 2 heterocycles. The van der Waals surface area contributed by atoms with Gasteiger partial charge in [0.05, 0.1) is 30.5 Å². The number of amides is 3. The van der Waals surface area contributed by atoms with E-state index in [0.717, 1.165) is 18.2 Å². The third-order valence-electron chi connectivity index (χ3n) is 4.21. The lowest BCUT2D eigenvalue weighted by molar-refractivity contribution is -0.122. The van der Waals surface area contributed by atoms with Crippen molar-refractivity contribution < 1.29 is 18.4 Å². The second-order valence-electron chi connectivity index (χ2n) is 6.09. The zero-order chi connectivity index (χ0) is 19.4. The van der Waals surface area contributed by atoms with Gasteiger partial charge in [-0.15, -0.1) is 5.10 Å². The number of carbonyl (C=O) groups excluding carboxylic acids is 2. The van der Waals surface area contributed by atoms with Gasteiger partial charge in [-0.05, 0) is 18.6 Å². The Bertz CT molecular complexity index is 842. The van der Waals surface area contributed by atoms with Gasteiger partial charge in [-0.25, -0.2) is 18.3 Å². The molecule has 1 aromatic heterocycles. The number of likely N-dealkylation sites (N-methyl/N-ethyl adjacent to an activating group) is 1. The Morgan fingerprint density at radius 3 is 2.96 bits per heavy atom. The Morgan fingerprint density at radius 1 is 1.37 bits per heavy atom. The van der Waals surface area contributed by atoms with Crippen LogP contribution in [0.15, 0.2) is 24.4 Å². The lowest BCUT2D eigenvalue weighted by atomic mass is 10.1. The van der Waals surface area contributed by atoms with Crippen molar-refractivity contribution in [3.63, 3.8) is 0 Å². The number of aromatic nitrogens is 3. The van der Waals surface area contributed by atoms with E-state index in [1.54, 1.807) is 17.9 Å². The smallest absolute Gasteiger partial charge is 0.319 e. The summed E-state index contributed by atoms with van der Waals surface area (Å²) in [4.78, 5) is 23.5. The molecule has 0 saturated carbocycles. The zero-order valence-corrected chi connectivity index (χ0v) is 14.5. The van der Waals surface area contributed by atoms with E-state index in [1.165, 1.54) is 0 Å². The number of anilines is 1. The number of hydrogen-bond donors (Lipinski definition) is 4. The minimum atomic E-state index is -0.739. The van der Waals surface area contributed by atoms with E-state index in [2.05, 4.69) is 31.6 Å². The molecule has 2 aromatic rings. The molecular formula is C16H19F2N7O2. The number of halogens is 2. The molecule has 2 atom stereocenters. The Balaban J connectivity index is 1.52. The highest BCUT2D eigenvalue weighted by atomic mass is 19.1. The summed E-state index contributed by atoms with van der Waals surface area (Å²) in [6, 6.07) is 1.78. The molecule has 0 aliphatic carbocycles. The Hall–Kier alpha value is -3.08. The maximum atomic E-state index is 13.5. The van der Waals surface area contributed by atoms with Gasteiger partial charge in [-0.3, -0.25) is 4.79 Å². The lowest BCUT2D eigenvalue weighted by Crippen LogP contribution is -2.38. The normalized spacial score (nSPS) is 18.9. The summed E-state index contributed by atoms with van der Waals surface area (Å²) in [6.45, 7) is 0.634. The quantitative estimate of drug-likeness (QED) is 0.605. The number of hydrogen-bond acceptors (Lipinski definition) is 5. The van der Waals surface area contributed by atoms with E-state index < -0.39 is 17.7 Å². The van der Waals surface area contributed by atoms with Crippen LogP contribution in [0.1, 0.15) is 18.2 Å².